The SMILES string of the molecule is CC(O)CC(C)(C)CNCc1cc(Cl)ccc1[N+](=O)[O-]. The topological polar surface area (TPSA) is 75.4 Å². The van der Waals surface area contributed by atoms with E-state index < -0.39 is 4.92 Å². The van der Waals surface area contributed by atoms with Crippen molar-refractivity contribution in [2.45, 2.75) is 39.8 Å². The Morgan fingerprint density at radius 3 is 2.70 bits per heavy atom. The van der Waals surface area contributed by atoms with E-state index in [-0.39, 0.29) is 17.2 Å². The number of nitro benzene ring substituents is 1. The van der Waals surface area contributed by atoms with Crippen LogP contribution in [0.15, 0.2) is 18.2 Å². The predicted octanol–water partition coefficient (Wildman–Crippen LogP) is 3.13. The summed E-state index contributed by atoms with van der Waals surface area (Å²) in [6.45, 7) is 6.86. The second-order valence-electron chi connectivity index (χ2n) is 5.85. The first kappa shape index (κ1) is 16.9. The van der Waals surface area contributed by atoms with Gasteiger partial charge in [-0.05, 0) is 30.9 Å². The summed E-state index contributed by atoms with van der Waals surface area (Å²) in [5.41, 5.74) is 0.548. The smallest absolute Gasteiger partial charge is 0.273 e. The zero-order valence-corrected chi connectivity index (χ0v) is 12.8. The van der Waals surface area contributed by atoms with Crippen LogP contribution in [0.4, 0.5) is 5.69 Å². The minimum atomic E-state index is -0.408. The number of aliphatic hydroxyl groups excluding tert-OH is 1. The van der Waals surface area contributed by atoms with Gasteiger partial charge in [-0.15, -0.1) is 0 Å². The first-order valence-corrected chi connectivity index (χ1v) is 6.91. The van der Waals surface area contributed by atoms with Crippen molar-refractivity contribution >= 4 is 17.3 Å². The van der Waals surface area contributed by atoms with E-state index in [2.05, 4.69) is 5.32 Å². The molecule has 0 radical (unpaired) electrons. The highest BCUT2D eigenvalue weighted by atomic mass is 35.5. The third-order valence-electron chi connectivity index (χ3n) is 3.01. The minimum Gasteiger partial charge on any atom is -0.393 e. The van der Waals surface area contributed by atoms with Crippen LogP contribution in [0, 0.1) is 15.5 Å². The number of benzene rings is 1. The molecule has 1 aromatic carbocycles. The Labute approximate surface area is 124 Å². The standard InChI is InChI=1S/C14H21ClN2O3/c1-10(18)7-14(2,3)9-16-8-11-6-12(15)4-5-13(11)17(19)20/h4-6,10,16,18H,7-9H2,1-3H3. The molecule has 0 aliphatic carbocycles. The van der Waals surface area contributed by atoms with Crippen LogP contribution >= 0.6 is 11.6 Å². The van der Waals surface area contributed by atoms with Crippen molar-refractivity contribution in [3.63, 3.8) is 0 Å². The highest BCUT2D eigenvalue weighted by molar-refractivity contribution is 6.30. The molecule has 0 aliphatic rings. The molecular formula is C14H21ClN2O3. The van der Waals surface area contributed by atoms with Crippen molar-refractivity contribution < 1.29 is 10.0 Å². The fourth-order valence-corrected chi connectivity index (χ4v) is 2.48. The minimum absolute atomic E-state index is 0.0650. The first-order chi connectivity index (χ1) is 9.21. The van der Waals surface area contributed by atoms with Gasteiger partial charge in [0.25, 0.3) is 5.69 Å². The Kier molecular flexibility index (Phi) is 5.92. The molecule has 0 heterocycles. The zero-order chi connectivity index (χ0) is 15.3. The van der Waals surface area contributed by atoms with E-state index >= 15 is 0 Å². The van der Waals surface area contributed by atoms with Gasteiger partial charge in [0.1, 0.15) is 0 Å². The van der Waals surface area contributed by atoms with Crippen molar-refractivity contribution in [2.24, 2.45) is 5.41 Å². The van der Waals surface area contributed by atoms with Gasteiger partial charge in [-0.3, -0.25) is 10.1 Å². The number of hydrogen-bond donors (Lipinski definition) is 2. The van der Waals surface area contributed by atoms with Crippen LogP contribution in [-0.2, 0) is 6.54 Å². The van der Waals surface area contributed by atoms with E-state index in [9.17, 15) is 15.2 Å². The first-order valence-electron chi connectivity index (χ1n) is 6.53. The summed E-state index contributed by atoms with van der Waals surface area (Å²) < 4.78 is 0. The molecule has 1 rings (SSSR count). The van der Waals surface area contributed by atoms with E-state index in [0.29, 0.717) is 30.1 Å². The fourth-order valence-electron chi connectivity index (χ4n) is 2.28. The van der Waals surface area contributed by atoms with Gasteiger partial charge < -0.3 is 10.4 Å². The number of nitrogens with zero attached hydrogens (tertiary/aromatic N) is 1. The van der Waals surface area contributed by atoms with E-state index in [4.69, 9.17) is 11.6 Å². The van der Waals surface area contributed by atoms with E-state index in [1.807, 2.05) is 13.8 Å². The van der Waals surface area contributed by atoms with Gasteiger partial charge in [0.05, 0.1) is 11.0 Å². The maximum absolute atomic E-state index is 10.9. The third-order valence-corrected chi connectivity index (χ3v) is 3.24. The summed E-state index contributed by atoms with van der Waals surface area (Å²) in [4.78, 5) is 10.5. The number of aliphatic hydroxyl groups is 1. The summed E-state index contributed by atoms with van der Waals surface area (Å²) in [6.07, 6.45) is 0.296. The largest absolute Gasteiger partial charge is 0.393 e. The van der Waals surface area contributed by atoms with E-state index in [1.54, 1.807) is 13.0 Å². The Bertz CT molecular complexity index is 475. The third kappa shape index (κ3) is 5.45. The van der Waals surface area contributed by atoms with Crippen molar-refractivity contribution in [3.05, 3.63) is 38.9 Å². The van der Waals surface area contributed by atoms with Crippen LogP contribution in [-0.4, -0.2) is 22.7 Å². The van der Waals surface area contributed by atoms with Crippen LogP contribution in [0.25, 0.3) is 0 Å². The van der Waals surface area contributed by atoms with Crippen molar-refractivity contribution in [1.29, 1.82) is 0 Å². The number of nitro groups is 1. The molecule has 0 bridgehead atoms. The summed E-state index contributed by atoms with van der Waals surface area (Å²) >= 11 is 5.88. The lowest BCUT2D eigenvalue weighted by atomic mass is 9.87. The number of hydrogen-bond acceptors (Lipinski definition) is 4. The number of halogens is 1. The summed E-state index contributed by atoms with van der Waals surface area (Å²) in [5.74, 6) is 0. The molecule has 0 fully saturated rings. The van der Waals surface area contributed by atoms with Crippen molar-refractivity contribution in [1.82, 2.24) is 5.32 Å². The van der Waals surface area contributed by atoms with Gasteiger partial charge in [-0.1, -0.05) is 25.4 Å². The maximum atomic E-state index is 10.9. The second kappa shape index (κ2) is 7.02. The normalized spacial score (nSPS) is 13.2. The molecule has 112 valence electrons. The maximum Gasteiger partial charge on any atom is 0.273 e. The van der Waals surface area contributed by atoms with Gasteiger partial charge >= 0.3 is 0 Å². The quantitative estimate of drug-likeness (QED) is 0.599. The van der Waals surface area contributed by atoms with Gasteiger partial charge in [-0.2, -0.15) is 0 Å². The van der Waals surface area contributed by atoms with Crippen LogP contribution in [0.1, 0.15) is 32.8 Å². The highest BCUT2D eigenvalue weighted by Gasteiger charge is 2.20. The average molecular weight is 301 g/mol. The van der Waals surface area contributed by atoms with Gasteiger partial charge in [0.2, 0.25) is 0 Å². The average Bonchev–Trinajstić information content (AvgIpc) is 2.26. The molecule has 0 saturated carbocycles. The van der Waals surface area contributed by atoms with Crippen molar-refractivity contribution in [3.8, 4) is 0 Å². The Balaban J connectivity index is 2.66. The predicted molar refractivity (Wildman–Crippen MR) is 79.9 cm³/mol. The van der Waals surface area contributed by atoms with Crippen LogP contribution in [0.3, 0.4) is 0 Å². The molecule has 0 aromatic heterocycles. The van der Waals surface area contributed by atoms with Crippen LogP contribution < -0.4 is 5.32 Å². The van der Waals surface area contributed by atoms with Crippen LogP contribution in [0.2, 0.25) is 5.02 Å². The molecule has 1 aromatic rings. The van der Waals surface area contributed by atoms with Crippen LogP contribution in [0.5, 0.6) is 0 Å². The Hall–Kier alpha value is -1.17. The second-order valence-corrected chi connectivity index (χ2v) is 6.29. The van der Waals surface area contributed by atoms with E-state index in [1.165, 1.54) is 12.1 Å². The molecule has 2 N–H and O–H groups in total. The monoisotopic (exact) mass is 300 g/mol. The molecule has 6 heteroatoms. The number of rotatable bonds is 7. The lowest BCUT2D eigenvalue weighted by molar-refractivity contribution is -0.385. The Morgan fingerprint density at radius 1 is 1.50 bits per heavy atom. The molecule has 0 amide bonds. The van der Waals surface area contributed by atoms with E-state index in [0.717, 1.165) is 0 Å². The molecular weight excluding hydrogens is 280 g/mol. The number of nitrogens with one attached hydrogen (secondary N) is 1. The fraction of sp³-hybridized carbons (Fsp3) is 0.571. The molecule has 0 spiro atoms. The lowest BCUT2D eigenvalue weighted by Gasteiger charge is -2.26. The summed E-state index contributed by atoms with van der Waals surface area (Å²) in [5, 5.41) is 24.0. The van der Waals surface area contributed by atoms with Gasteiger partial charge in [0, 0.05) is 29.7 Å². The van der Waals surface area contributed by atoms with Crippen molar-refractivity contribution in [2.75, 3.05) is 6.54 Å². The lowest BCUT2D eigenvalue weighted by Crippen LogP contribution is -2.31. The van der Waals surface area contributed by atoms with Gasteiger partial charge in [0.15, 0.2) is 0 Å². The Morgan fingerprint density at radius 2 is 2.15 bits per heavy atom. The molecule has 5 nitrogen and oxygen atoms in total. The molecule has 1 atom stereocenters. The zero-order valence-electron chi connectivity index (χ0n) is 12.0. The molecule has 1 unspecified atom stereocenters. The molecule has 0 aliphatic heterocycles. The molecule has 0 saturated heterocycles. The highest BCUT2D eigenvalue weighted by Crippen LogP contribution is 2.24. The summed E-state index contributed by atoms with van der Waals surface area (Å²) in [6, 6.07) is 4.54. The van der Waals surface area contributed by atoms with Gasteiger partial charge in [-0.25, -0.2) is 0 Å². The molecule has 20 heavy (non-hydrogen) atoms. The summed E-state index contributed by atoms with van der Waals surface area (Å²) in [7, 11) is 0.